The van der Waals surface area contributed by atoms with E-state index in [1.54, 1.807) is 4.90 Å². The highest BCUT2D eigenvalue weighted by Gasteiger charge is 2.25. The molecule has 2 aromatic carbocycles. The summed E-state index contributed by atoms with van der Waals surface area (Å²) in [6.45, 7) is 13.7. The first kappa shape index (κ1) is 21.2. The second-order valence-electron chi connectivity index (χ2n) is 8.81. The minimum absolute atomic E-state index is 0.221. The monoisotopic (exact) mass is 396 g/mol. The molecule has 0 saturated carbocycles. The van der Waals surface area contributed by atoms with E-state index in [1.807, 2.05) is 32.9 Å². The van der Waals surface area contributed by atoms with Gasteiger partial charge in [0.2, 0.25) is 0 Å². The molecule has 0 aromatic heterocycles. The van der Waals surface area contributed by atoms with Gasteiger partial charge >= 0.3 is 6.09 Å². The molecule has 1 fully saturated rings. The quantitative estimate of drug-likeness (QED) is 0.717. The average molecular weight is 397 g/mol. The fraction of sp³-hybridized carbons (Fsp3) is 0.458. The van der Waals surface area contributed by atoms with Crippen LogP contribution in [0, 0.1) is 13.8 Å². The Morgan fingerprint density at radius 2 is 1.55 bits per heavy atom. The van der Waals surface area contributed by atoms with Gasteiger partial charge in [-0.15, -0.1) is 0 Å². The summed E-state index contributed by atoms with van der Waals surface area (Å²) in [5.74, 6) is 1.70. The van der Waals surface area contributed by atoms with Crippen molar-refractivity contribution in [1.82, 2.24) is 9.80 Å². The lowest BCUT2D eigenvalue weighted by molar-refractivity contribution is 0.0139. The first-order valence-electron chi connectivity index (χ1n) is 10.2. The van der Waals surface area contributed by atoms with E-state index in [2.05, 4.69) is 49.1 Å². The molecule has 5 nitrogen and oxygen atoms in total. The first-order valence-corrected chi connectivity index (χ1v) is 10.2. The van der Waals surface area contributed by atoms with Crippen molar-refractivity contribution in [3.8, 4) is 11.5 Å². The van der Waals surface area contributed by atoms with Crippen LogP contribution in [0.15, 0.2) is 42.5 Å². The summed E-state index contributed by atoms with van der Waals surface area (Å²) in [6.07, 6.45) is -0.221. The van der Waals surface area contributed by atoms with Crippen LogP contribution in [0.25, 0.3) is 0 Å². The number of benzene rings is 2. The number of ether oxygens (including phenoxy) is 2. The molecule has 0 radical (unpaired) electrons. The Morgan fingerprint density at radius 3 is 2.17 bits per heavy atom. The number of carbonyl (C=O) groups excluding carboxylic acids is 1. The number of hydrogen-bond donors (Lipinski definition) is 0. The molecule has 1 saturated heterocycles. The molecule has 1 aliphatic rings. The third-order valence-corrected chi connectivity index (χ3v) is 4.80. The minimum atomic E-state index is -0.455. The van der Waals surface area contributed by atoms with E-state index in [-0.39, 0.29) is 6.09 Å². The number of aryl methyl sites for hydroxylation is 2. The van der Waals surface area contributed by atoms with Gasteiger partial charge in [-0.2, -0.15) is 0 Å². The summed E-state index contributed by atoms with van der Waals surface area (Å²) < 4.78 is 11.5. The van der Waals surface area contributed by atoms with Crippen molar-refractivity contribution < 1.29 is 14.3 Å². The van der Waals surface area contributed by atoms with E-state index in [9.17, 15) is 4.79 Å². The van der Waals surface area contributed by atoms with Crippen molar-refractivity contribution >= 4 is 6.09 Å². The van der Waals surface area contributed by atoms with E-state index in [1.165, 1.54) is 16.7 Å². The highest BCUT2D eigenvalue weighted by atomic mass is 16.6. The van der Waals surface area contributed by atoms with Crippen molar-refractivity contribution in [3.05, 3.63) is 59.2 Å². The second-order valence-corrected chi connectivity index (χ2v) is 8.81. The summed E-state index contributed by atoms with van der Waals surface area (Å²) in [4.78, 5) is 16.4. The van der Waals surface area contributed by atoms with E-state index >= 15 is 0 Å². The fourth-order valence-corrected chi connectivity index (χ4v) is 3.39. The molecule has 0 atom stereocenters. The van der Waals surface area contributed by atoms with E-state index in [4.69, 9.17) is 9.47 Å². The van der Waals surface area contributed by atoms with E-state index in [0.717, 1.165) is 31.1 Å². The molecule has 0 bridgehead atoms. The zero-order valence-corrected chi connectivity index (χ0v) is 18.2. The highest BCUT2D eigenvalue weighted by molar-refractivity contribution is 5.68. The summed E-state index contributed by atoms with van der Waals surface area (Å²) in [7, 11) is 0. The number of piperazine rings is 1. The number of carbonyl (C=O) groups is 1. The van der Waals surface area contributed by atoms with Crippen molar-refractivity contribution in [2.75, 3.05) is 26.2 Å². The van der Waals surface area contributed by atoms with Gasteiger partial charge in [-0.25, -0.2) is 4.79 Å². The Hall–Kier alpha value is -2.53. The van der Waals surface area contributed by atoms with Crippen LogP contribution < -0.4 is 4.74 Å². The van der Waals surface area contributed by atoms with Gasteiger partial charge in [0.1, 0.15) is 17.1 Å². The largest absolute Gasteiger partial charge is 0.457 e. The van der Waals surface area contributed by atoms with E-state index < -0.39 is 5.60 Å². The maximum Gasteiger partial charge on any atom is 0.410 e. The fourth-order valence-electron chi connectivity index (χ4n) is 3.39. The lowest BCUT2D eigenvalue weighted by Crippen LogP contribution is -2.49. The SMILES string of the molecule is Cc1ccc(Oc2cc(C)cc(CN3CCN(C(=O)OC(C)(C)C)CC3)c2)cc1. The Bertz CT molecular complexity index is 832. The molecule has 156 valence electrons. The van der Waals surface area contributed by atoms with Gasteiger partial charge in [0.05, 0.1) is 0 Å². The third kappa shape index (κ3) is 6.50. The molecule has 1 amide bonds. The molecule has 1 heterocycles. The first-order chi connectivity index (χ1) is 13.7. The predicted octanol–water partition coefficient (Wildman–Crippen LogP) is 5.15. The molecule has 29 heavy (non-hydrogen) atoms. The van der Waals surface area contributed by atoms with Gasteiger partial charge in [0.15, 0.2) is 0 Å². The van der Waals surface area contributed by atoms with Crippen LogP contribution in [0.4, 0.5) is 4.79 Å². The van der Waals surface area contributed by atoms with Crippen LogP contribution in [-0.2, 0) is 11.3 Å². The number of amides is 1. The van der Waals surface area contributed by atoms with Crippen molar-refractivity contribution in [2.24, 2.45) is 0 Å². The van der Waals surface area contributed by atoms with Gasteiger partial charge < -0.3 is 14.4 Å². The number of nitrogens with zero attached hydrogens (tertiary/aromatic N) is 2. The lowest BCUT2D eigenvalue weighted by Gasteiger charge is -2.35. The minimum Gasteiger partial charge on any atom is -0.457 e. The molecule has 0 unspecified atom stereocenters. The third-order valence-electron chi connectivity index (χ3n) is 4.80. The molecular formula is C24H32N2O3. The van der Waals surface area contributed by atoms with Crippen LogP contribution >= 0.6 is 0 Å². The maximum atomic E-state index is 12.2. The lowest BCUT2D eigenvalue weighted by atomic mass is 10.1. The highest BCUT2D eigenvalue weighted by Crippen LogP contribution is 2.25. The van der Waals surface area contributed by atoms with Crippen molar-refractivity contribution in [3.63, 3.8) is 0 Å². The second kappa shape index (κ2) is 8.87. The van der Waals surface area contributed by atoms with Crippen LogP contribution in [0.2, 0.25) is 0 Å². The zero-order chi connectivity index (χ0) is 21.0. The van der Waals surface area contributed by atoms with Gasteiger partial charge in [-0.3, -0.25) is 4.90 Å². The Kier molecular flexibility index (Phi) is 6.48. The number of hydrogen-bond acceptors (Lipinski definition) is 4. The smallest absolute Gasteiger partial charge is 0.410 e. The van der Waals surface area contributed by atoms with Gasteiger partial charge in [-0.05, 0) is 70.0 Å². The number of rotatable bonds is 4. The van der Waals surface area contributed by atoms with Crippen molar-refractivity contribution in [2.45, 2.75) is 46.8 Å². The van der Waals surface area contributed by atoms with Crippen LogP contribution in [0.3, 0.4) is 0 Å². The van der Waals surface area contributed by atoms with Crippen molar-refractivity contribution in [1.29, 1.82) is 0 Å². The topological polar surface area (TPSA) is 42.0 Å². The normalized spacial score (nSPS) is 15.3. The van der Waals surface area contributed by atoms with Gasteiger partial charge in [0.25, 0.3) is 0 Å². The Morgan fingerprint density at radius 1 is 0.897 bits per heavy atom. The average Bonchev–Trinajstić information content (AvgIpc) is 2.62. The summed E-state index contributed by atoms with van der Waals surface area (Å²) in [5.41, 5.74) is 3.16. The molecule has 3 rings (SSSR count). The summed E-state index contributed by atoms with van der Waals surface area (Å²) in [5, 5.41) is 0. The molecule has 2 aromatic rings. The summed E-state index contributed by atoms with van der Waals surface area (Å²) in [6, 6.07) is 14.5. The van der Waals surface area contributed by atoms with Gasteiger partial charge in [-0.1, -0.05) is 23.8 Å². The van der Waals surface area contributed by atoms with Crippen LogP contribution in [0.5, 0.6) is 11.5 Å². The zero-order valence-electron chi connectivity index (χ0n) is 18.2. The summed E-state index contributed by atoms with van der Waals surface area (Å²) >= 11 is 0. The van der Waals surface area contributed by atoms with Crippen LogP contribution in [0.1, 0.15) is 37.5 Å². The Balaban J connectivity index is 1.57. The molecule has 0 spiro atoms. The molecular weight excluding hydrogens is 364 g/mol. The molecule has 5 heteroatoms. The van der Waals surface area contributed by atoms with Gasteiger partial charge in [0, 0.05) is 32.7 Å². The molecule has 1 aliphatic heterocycles. The van der Waals surface area contributed by atoms with Crippen LogP contribution in [-0.4, -0.2) is 47.7 Å². The predicted molar refractivity (Wildman–Crippen MR) is 116 cm³/mol. The van der Waals surface area contributed by atoms with E-state index in [0.29, 0.717) is 13.1 Å². The molecule has 0 aliphatic carbocycles. The molecule has 0 N–H and O–H groups in total. The maximum absolute atomic E-state index is 12.2. The Labute approximate surface area is 174 Å². The standard InChI is InChI=1S/C24H32N2O3/c1-18-6-8-21(9-7-18)28-22-15-19(2)14-20(16-22)17-25-10-12-26(13-11-25)23(27)29-24(3,4)5/h6-9,14-16H,10-13,17H2,1-5H3.